The molecule has 64 valence electrons. The van der Waals surface area contributed by atoms with Gasteiger partial charge in [0.25, 0.3) is 0 Å². The van der Waals surface area contributed by atoms with Crippen LogP contribution in [0.1, 0.15) is 5.82 Å². The monoisotopic (exact) mass is 194 g/mol. The van der Waals surface area contributed by atoms with Gasteiger partial charge >= 0.3 is 0 Å². The largest absolute Gasteiger partial charge is 0.329 e. The van der Waals surface area contributed by atoms with Gasteiger partial charge in [-0.2, -0.15) is 5.10 Å². The molecule has 6 heteroatoms. The predicted octanol–water partition coefficient (Wildman–Crippen LogP) is 0.630. The van der Waals surface area contributed by atoms with Gasteiger partial charge in [-0.3, -0.25) is 5.10 Å². The summed E-state index contributed by atoms with van der Waals surface area (Å²) >= 11 is 4.93. The van der Waals surface area contributed by atoms with E-state index in [-0.39, 0.29) is 12.4 Å². The van der Waals surface area contributed by atoms with Crippen LogP contribution in [0.4, 0.5) is 0 Å². The van der Waals surface area contributed by atoms with E-state index in [0.717, 1.165) is 12.4 Å². The zero-order valence-corrected chi connectivity index (χ0v) is 7.84. The molecule has 0 aliphatic heterocycles. The average molecular weight is 195 g/mol. The summed E-state index contributed by atoms with van der Waals surface area (Å²) in [6.45, 7) is 3.22. The summed E-state index contributed by atoms with van der Waals surface area (Å²) in [7, 11) is 0. The highest BCUT2D eigenvalue weighted by Crippen LogP contribution is 1.93. The van der Waals surface area contributed by atoms with E-state index in [1.807, 2.05) is 11.5 Å². The number of halogens is 1. The van der Waals surface area contributed by atoms with Crippen molar-refractivity contribution in [3.63, 3.8) is 0 Å². The van der Waals surface area contributed by atoms with Crippen molar-refractivity contribution in [2.45, 2.75) is 13.5 Å². The summed E-state index contributed by atoms with van der Waals surface area (Å²) < 4.78 is 2.51. The third-order valence-electron chi connectivity index (χ3n) is 1.30. The Morgan fingerprint density at radius 1 is 1.73 bits per heavy atom. The first-order valence-corrected chi connectivity index (χ1v) is 3.48. The lowest BCUT2D eigenvalue weighted by Crippen LogP contribution is -2.11. The quantitative estimate of drug-likeness (QED) is 0.679. The molecule has 0 fully saturated rings. The van der Waals surface area contributed by atoms with Gasteiger partial charge in [0, 0.05) is 13.1 Å². The van der Waals surface area contributed by atoms with E-state index in [1.54, 1.807) is 0 Å². The smallest absolute Gasteiger partial charge is 0.195 e. The Labute approximate surface area is 76.2 Å². The molecule has 4 nitrogen and oxygen atoms in total. The fraction of sp³-hybridized carbons (Fsp3) is 0.600. The van der Waals surface area contributed by atoms with Gasteiger partial charge in [0.1, 0.15) is 5.82 Å². The molecule has 0 saturated carbocycles. The van der Waals surface area contributed by atoms with Gasteiger partial charge in [-0.1, -0.05) is 0 Å². The predicted molar refractivity (Wildman–Crippen MR) is 48.5 cm³/mol. The first-order chi connectivity index (χ1) is 4.75. The van der Waals surface area contributed by atoms with Gasteiger partial charge in [-0.25, -0.2) is 0 Å². The molecule has 1 heterocycles. The summed E-state index contributed by atoms with van der Waals surface area (Å²) in [6, 6.07) is 0. The van der Waals surface area contributed by atoms with Crippen LogP contribution in [0.15, 0.2) is 0 Å². The van der Waals surface area contributed by atoms with Crippen LogP contribution in [0.2, 0.25) is 0 Å². The molecule has 3 N–H and O–H groups in total. The topological polar surface area (TPSA) is 59.6 Å². The average Bonchev–Trinajstić information content (AvgIpc) is 2.20. The van der Waals surface area contributed by atoms with Gasteiger partial charge in [0.05, 0.1) is 0 Å². The van der Waals surface area contributed by atoms with E-state index in [2.05, 4.69) is 10.2 Å². The third-order valence-corrected chi connectivity index (χ3v) is 1.61. The minimum atomic E-state index is 0. The van der Waals surface area contributed by atoms with Crippen molar-refractivity contribution in [2.75, 3.05) is 6.54 Å². The maximum atomic E-state index is 5.35. The number of H-pyrrole nitrogens is 1. The standard InChI is InChI=1S/C5H10N4S.ClH/c1-4-7-8-5(10)9(4)3-2-6;/h2-3,6H2,1H3,(H,8,10);1H. The van der Waals surface area contributed by atoms with Crippen molar-refractivity contribution >= 4 is 24.6 Å². The molecule has 1 aromatic rings. The Kier molecular flexibility index (Phi) is 4.32. The number of aryl methyl sites for hydroxylation is 1. The van der Waals surface area contributed by atoms with E-state index in [0.29, 0.717) is 11.3 Å². The summed E-state index contributed by atoms with van der Waals surface area (Å²) in [5.41, 5.74) is 5.35. The number of aromatic nitrogens is 3. The molecule has 0 bridgehead atoms. The first kappa shape index (κ1) is 10.6. The number of nitrogens with two attached hydrogens (primary N) is 1. The summed E-state index contributed by atoms with van der Waals surface area (Å²) in [5.74, 6) is 0.885. The highest BCUT2D eigenvalue weighted by atomic mass is 35.5. The van der Waals surface area contributed by atoms with Crippen molar-refractivity contribution in [1.29, 1.82) is 0 Å². The zero-order valence-electron chi connectivity index (χ0n) is 6.20. The van der Waals surface area contributed by atoms with Crippen LogP contribution in [-0.2, 0) is 6.54 Å². The molecule has 1 aromatic heterocycles. The number of nitrogens with zero attached hydrogens (tertiary/aromatic N) is 2. The van der Waals surface area contributed by atoms with Crippen LogP contribution in [0, 0.1) is 11.7 Å². The highest BCUT2D eigenvalue weighted by Gasteiger charge is 1.96. The van der Waals surface area contributed by atoms with E-state index in [1.165, 1.54) is 0 Å². The van der Waals surface area contributed by atoms with Crippen LogP contribution < -0.4 is 5.73 Å². The van der Waals surface area contributed by atoms with Crippen molar-refractivity contribution in [2.24, 2.45) is 5.73 Å². The van der Waals surface area contributed by atoms with E-state index in [9.17, 15) is 0 Å². The Bertz CT molecular complexity index is 266. The van der Waals surface area contributed by atoms with Crippen LogP contribution >= 0.6 is 24.6 Å². The molecule has 0 radical (unpaired) electrons. The fourth-order valence-corrected chi connectivity index (χ4v) is 1.06. The second-order valence-electron chi connectivity index (χ2n) is 2.02. The minimum Gasteiger partial charge on any atom is -0.329 e. The Morgan fingerprint density at radius 3 is 2.73 bits per heavy atom. The summed E-state index contributed by atoms with van der Waals surface area (Å²) in [4.78, 5) is 0. The second-order valence-corrected chi connectivity index (χ2v) is 2.40. The van der Waals surface area contributed by atoms with Gasteiger partial charge < -0.3 is 10.3 Å². The zero-order chi connectivity index (χ0) is 7.56. The van der Waals surface area contributed by atoms with Crippen LogP contribution in [0.25, 0.3) is 0 Å². The molecule has 0 atom stereocenters. The van der Waals surface area contributed by atoms with Crippen molar-refractivity contribution in [3.8, 4) is 0 Å². The van der Waals surface area contributed by atoms with Gasteiger partial charge in [0.15, 0.2) is 4.77 Å². The molecule has 0 aliphatic rings. The first-order valence-electron chi connectivity index (χ1n) is 3.07. The van der Waals surface area contributed by atoms with E-state index in [4.69, 9.17) is 18.0 Å². The Morgan fingerprint density at radius 2 is 2.36 bits per heavy atom. The van der Waals surface area contributed by atoms with E-state index >= 15 is 0 Å². The number of rotatable bonds is 2. The van der Waals surface area contributed by atoms with Crippen molar-refractivity contribution in [1.82, 2.24) is 14.8 Å². The number of nitrogens with one attached hydrogen (secondary N) is 1. The lowest BCUT2D eigenvalue weighted by Gasteiger charge is -1.98. The molecule has 11 heavy (non-hydrogen) atoms. The Balaban J connectivity index is 0.000001000. The molecule has 0 saturated heterocycles. The molecular weight excluding hydrogens is 184 g/mol. The molecule has 0 aromatic carbocycles. The number of aromatic amines is 1. The van der Waals surface area contributed by atoms with Gasteiger partial charge in [-0.15, -0.1) is 12.4 Å². The number of hydrogen-bond acceptors (Lipinski definition) is 3. The fourth-order valence-electron chi connectivity index (χ4n) is 0.789. The maximum Gasteiger partial charge on any atom is 0.195 e. The van der Waals surface area contributed by atoms with Crippen molar-refractivity contribution < 1.29 is 0 Å². The SMILES string of the molecule is Cc1n[nH]c(=S)n1CCN.Cl. The lowest BCUT2D eigenvalue weighted by molar-refractivity contribution is 0.676. The molecule has 0 spiro atoms. The molecular formula is C5H11ClN4S. The van der Waals surface area contributed by atoms with Crippen LogP contribution in [-0.4, -0.2) is 21.3 Å². The third kappa shape index (κ3) is 2.28. The van der Waals surface area contributed by atoms with E-state index < -0.39 is 0 Å². The van der Waals surface area contributed by atoms with Gasteiger partial charge in [0.2, 0.25) is 0 Å². The summed E-state index contributed by atoms with van der Waals surface area (Å²) in [6.07, 6.45) is 0. The summed E-state index contributed by atoms with van der Waals surface area (Å²) in [5, 5.41) is 6.61. The van der Waals surface area contributed by atoms with Crippen molar-refractivity contribution in [3.05, 3.63) is 10.6 Å². The van der Waals surface area contributed by atoms with Gasteiger partial charge in [-0.05, 0) is 19.1 Å². The molecule has 0 aliphatic carbocycles. The molecule has 0 unspecified atom stereocenters. The second kappa shape index (κ2) is 4.48. The van der Waals surface area contributed by atoms with Crippen LogP contribution in [0.3, 0.4) is 0 Å². The number of hydrogen-bond donors (Lipinski definition) is 2. The maximum absolute atomic E-state index is 5.35. The minimum absolute atomic E-state index is 0. The Hall–Kier alpha value is -0.390. The lowest BCUT2D eigenvalue weighted by atomic mass is 10.6. The van der Waals surface area contributed by atoms with Crippen LogP contribution in [0.5, 0.6) is 0 Å². The molecule has 0 amide bonds. The molecule has 1 rings (SSSR count). The normalized spacial score (nSPS) is 9.27. The highest BCUT2D eigenvalue weighted by molar-refractivity contribution is 7.71.